The summed E-state index contributed by atoms with van der Waals surface area (Å²) in [5, 5.41) is 11.5. The van der Waals surface area contributed by atoms with Crippen molar-refractivity contribution in [3.63, 3.8) is 0 Å². The largest absolute Gasteiger partial charge is 0.480 e. The summed E-state index contributed by atoms with van der Waals surface area (Å²) in [6, 6.07) is -1.66. The average molecular weight is 268 g/mol. The molecule has 0 bridgehead atoms. The van der Waals surface area contributed by atoms with Crippen LogP contribution < -0.4 is 11.1 Å². The van der Waals surface area contributed by atoms with Gasteiger partial charge in [0.05, 0.1) is 12.4 Å². The van der Waals surface area contributed by atoms with Crippen LogP contribution in [0.25, 0.3) is 0 Å². The number of aromatic amines is 1. The number of H-pyrrole nitrogens is 1. The van der Waals surface area contributed by atoms with Crippen LogP contribution in [0.15, 0.2) is 12.5 Å². The lowest BCUT2D eigenvalue weighted by Crippen LogP contribution is -2.49. The van der Waals surface area contributed by atoms with Crippen molar-refractivity contribution in [2.24, 2.45) is 5.73 Å². The molecule has 0 aliphatic carbocycles. The van der Waals surface area contributed by atoms with Gasteiger partial charge in [-0.2, -0.15) is 0 Å². The zero-order valence-corrected chi connectivity index (χ0v) is 10.9. The van der Waals surface area contributed by atoms with Crippen LogP contribution in [0.2, 0.25) is 0 Å². The number of nitrogens with zero attached hydrogens (tertiary/aromatic N) is 1. The fraction of sp³-hybridized carbons (Fsp3) is 0.583. The van der Waals surface area contributed by atoms with Crippen molar-refractivity contribution in [1.82, 2.24) is 15.3 Å². The number of carboxylic acid groups (broad SMARTS) is 1. The van der Waals surface area contributed by atoms with Gasteiger partial charge in [-0.25, -0.2) is 9.78 Å². The minimum absolute atomic E-state index is 0.154. The summed E-state index contributed by atoms with van der Waals surface area (Å²) in [5.74, 6) is -1.52. The van der Waals surface area contributed by atoms with Gasteiger partial charge in [-0.1, -0.05) is 19.8 Å². The minimum atomic E-state index is -1.09. The Bertz CT molecular complexity index is 405. The molecule has 2 atom stereocenters. The Kier molecular flexibility index (Phi) is 6.01. The van der Waals surface area contributed by atoms with Crippen molar-refractivity contribution >= 4 is 11.9 Å². The monoisotopic (exact) mass is 268 g/mol. The zero-order chi connectivity index (χ0) is 14.3. The van der Waals surface area contributed by atoms with E-state index in [0.717, 1.165) is 12.8 Å². The number of unbranched alkanes of at least 4 members (excludes halogenated alkanes) is 1. The van der Waals surface area contributed by atoms with Crippen LogP contribution in [0, 0.1) is 0 Å². The summed E-state index contributed by atoms with van der Waals surface area (Å²) in [6.07, 6.45) is 5.48. The summed E-state index contributed by atoms with van der Waals surface area (Å²) in [4.78, 5) is 29.5. The van der Waals surface area contributed by atoms with E-state index in [0.29, 0.717) is 12.1 Å². The van der Waals surface area contributed by atoms with E-state index >= 15 is 0 Å². The molecule has 1 aromatic rings. The number of amides is 1. The van der Waals surface area contributed by atoms with Gasteiger partial charge in [0, 0.05) is 18.3 Å². The molecule has 0 radical (unpaired) electrons. The fourth-order valence-corrected chi connectivity index (χ4v) is 1.65. The Hall–Kier alpha value is -1.89. The van der Waals surface area contributed by atoms with Crippen molar-refractivity contribution in [1.29, 1.82) is 0 Å². The quantitative estimate of drug-likeness (QED) is 0.530. The molecule has 19 heavy (non-hydrogen) atoms. The van der Waals surface area contributed by atoms with Gasteiger partial charge in [0.2, 0.25) is 5.91 Å². The molecule has 5 N–H and O–H groups in total. The number of carboxylic acids is 1. The lowest BCUT2D eigenvalue weighted by atomic mass is 10.1. The van der Waals surface area contributed by atoms with E-state index in [-0.39, 0.29) is 6.42 Å². The number of rotatable bonds is 8. The van der Waals surface area contributed by atoms with Crippen LogP contribution in [-0.2, 0) is 16.0 Å². The Morgan fingerprint density at radius 1 is 1.58 bits per heavy atom. The predicted octanol–water partition coefficient (Wildman–Crippen LogP) is 0.0391. The first-order valence-electron chi connectivity index (χ1n) is 6.30. The highest BCUT2D eigenvalue weighted by Crippen LogP contribution is 2.02. The number of nitrogens with one attached hydrogen (secondary N) is 2. The third kappa shape index (κ3) is 5.09. The third-order valence-electron chi connectivity index (χ3n) is 2.80. The molecule has 0 aliphatic heterocycles. The van der Waals surface area contributed by atoms with E-state index in [1.165, 1.54) is 12.5 Å². The molecular weight excluding hydrogens is 248 g/mol. The number of aromatic nitrogens is 2. The van der Waals surface area contributed by atoms with Gasteiger partial charge < -0.3 is 21.1 Å². The highest BCUT2D eigenvalue weighted by molar-refractivity contribution is 5.86. The summed E-state index contributed by atoms with van der Waals surface area (Å²) in [5.41, 5.74) is 6.35. The van der Waals surface area contributed by atoms with Gasteiger partial charge in [-0.05, 0) is 6.42 Å². The van der Waals surface area contributed by atoms with E-state index < -0.39 is 24.0 Å². The second-order valence-electron chi connectivity index (χ2n) is 4.43. The molecular formula is C12H20N4O3. The number of aliphatic carboxylic acids is 1. The van der Waals surface area contributed by atoms with Crippen LogP contribution >= 0.6 is 0 Å². The van der Waals surface area contributed by atoms with Crippen molar-refractivity contribution in [3.05, 3.63) is 18.2 Å². The fourth-order valence-electron chi connectivity index (χ4n) is 1.65. The first-order chi connectivity index (χ1) is 9.04. The van der Waals surface area contributed by atoms with Gasteiger partial charge in [-0.15, -0.1) is 0 Å². The third-order valence-corrected chi connectivity index (χ3v) is 2.80. The van der Waals surface area contributed by atoms with Gasteiger partial charge >= 0.3 is 5.97 Å². The lowest BCUT2D eigenvalue weighted by Gasteiger charge is -2.17. The molecule has 1 aromatic heterocycles. The molecule has 0 saturated heterocycles. The van der Waals surface area contributed by atoms with E-state index in [4.69, 9.17) is 10.8 Å². The zero-order valence-electron chi connectivity index (χ0n) is 10.9. The first-order valence-corrected chi connectivity index (χ1v) is 6.30. The van der Waals surface area contributed by atoms with Crippen LogP contribution in [-0.4, -0.2) is 39.0 Å². The predicted molar refractivity (Wildman–Crippen MR) is 69.4 cm³/mol. The lowest BCUT2D eigenvalue weighted by molar-refractivity contribution is -0.142. The van der Waals surface area contributed by atoms with E-state index in [1.54, 1.807) is 0 Å². The molecule has 1 rings (SSSR count). The molecule has 0 fully saturated rings. The minimum Gasteiger partial charge on any atom is -0.480 e. The van der Waals surface area contributed by atoms with Gasteiger partial charge in [0.1, 0.15) is 6.04 Å². The topological polar surface area (TPSA) is 121 Å². The molecule has 7 heteroatoms. The van der Waals surface area contributed by atoms with Crippen LogP contribution in [0.3, 0.4) is 0 Å². The second kappa shape index (κ2) is 7.52. The highest BCUT2D eigenvalue weighted by atomic mass is 16.4. The smallest absolute Gasteiger partial charge is 0.326 e. The van der Waals surface area contributed by atoms with Crippen molar-refractivity contribution in [2.75, 3.05) is 0 Å². The SMILES string of the molecule is CCCC[C@H](N)C(=O)N[C@H](Cc1cnc[nH]1)C(=O)O. The maximum atomic E-state index is 11.8. The number of hydrogen-bond acceptors (Lipinski definition) is 4. The van der Waals surface area contributed by atoms with Gasteiger partial charge in [0.15, 0.2) is 0 Å². The van der Waals surface area contributed by atoms with E-state index in [9.17, 15) is 9.59 Å². The summed E-state index contributed by atoms with van der Waals surface area (Å²) < 4.78 is 0. The number of carbonyl (C=O) groups is 2. The maximum absolute atomic E-state index is 11.8. The van der Waals surface area contributed by atoms with Gasteiger partial charge in [-0.3, -0.25) is 4.79 Å². The molecule has 0 spiro atoms. The maximum Gasteiger partial charge on any atom is 0.326 e. The van der Waals surface area contributed by atoms with Crippen molar-refractivity contribution in [2.45, 2.75) is 44.7 Å². The number of carbonyl (C=O) groups excluding carboxylic acids is 1. The summed E-state index contributed by atoms with van der Waals surface area (Å²) >= 11 is 0. The normalized spacial score (nSPS) is 13.8. The first kappa shape index (κ1) is 15.2. The number of hydrogen-bond donors (Lipinski definition) is 4. The molecule has 1 heterocycles. The Morgan fingerprint density at radius 2 is 2.32 bits per heavy atom. The van der Waals surface area contributed by atoms with Gasteiger partial charge in [0.25, 0.3) is 0 Å². The highest BCUT2D eigenvalue weighted by Gasteiger charge is 2.23. The molecule has 0 aliphatic rings. The van der Waals surface area contributed by atoms with Crippen molar-refractivity contribution < 1.29 is 14.7 Å². The Morgan fingerprint density at radius 3 is 2.84 bits per heavy atom. The van der Waals surface area contributed by atoms with Crippen LogP contribution in [0.4, 0.5) is 0 Å². The Balaban J connectivity index is 2.53. The van der Waals surface area contributed by atoms with E-state index in [2.05, 4.69) is 15.3 Å². The summed E-state index contributed by atoms with van der Waals surface area (Å²) in [7, 11) is 0. The molecule has 1 amide bonds. The Labute approximate surface area is 111 Å². The molecule has 0 saturated carbocycles. The number of nitrogens with two attached hydrogens (primary N) is 1. The standard InChI is InChI=1S/C12H20N4O3/c1-2-3-4-9(13)11(17)16-10(12(18)19)5-8-6-14-7-15-8/h6-7,9-10H,2-5,13H2,1H3,(H,14,15)(H,16,17)(H,18,19)/t9-,10+/m0/s1. The average Bonchev–Trinajstić information content (AvgIpc) is 2.87. The second-order valence-corrected chi connectivity index (χ2v) is 4.43. The van der Waals surface area contributed by atoms with Crippen molar-refractivity contribution in [3.8, 4) is 0 Å². The molecule has 106 valence electrons. The van der Waals surface area contributed by atoms with Crippen LogP contribution in [0.5, 0.6) is 0 Å². The summed E-state index contributed by atoms with van der Waals surface area (Å²) in [6.45, 7) is 2.00. The molecule has 7 nitrogen and oxygen atoms in total. The van der Waals surface area contributed by atoms with Crippen LogP contribution in [0.1, 0.15) is 31.9 Å². The number of imidazole rings is 1. The molecule has 0 unspecified atom stereocenters. The molecule has 0 aromatic carbocycles. The van der Waals surface area contributed by atoms with E-state index in [1.807, 2.05) is 6.92 Å².